The number of hydrogen-bond donors (Lipinski definition) is 3. The van der Waals surface area contributed by atoms with Crippen LogP contribution in [0.25, 0.3) is 0 Å². The summed E-state index contributed by atoms with van der Waals surface area (Å²) in [5.74, 6) is -0.704. The molecule has 174 valence electrons. The fourth-order valence-corrected chi connectivity index (χ4v) is 5.44. The summed E-state index contributed by atoms with van der Waals surface area (Å²) in [6.45, 7) is 5.08. The van der Waals surface area contributed by atoms with Crippen LogP contribution < -0.4 is 11.1 Å². The molecular formula is C18H28N3O9P. The summed E-state index contributed by atoms with van der Waals surface area (Å²) in [6.07, 6.45) is -0.470. The lowest BCUT2D eigenvalue weighted by Crippen LogP contribution is -2.62. The van der Waals surface area contributed by atoms with Gasteiger partial charge in [-0.1, -0.05) is 0 Å². The second-order valence-electron chi connectivity index (χ2n) is 8.69. The average Bonchev–Trinajstić information content (AvgIpc) is 3.41. The van der Waals surface area contributed by atoms with Crippen LogP contribution in [0, 0.1) is 11.8 Å². The van der Waals surface area contributed by atoms with E-state index in [9.17, 15) is 19.3 Å². The number of nitrogens with two attached hydrogens (primary N) is 1. The summed E-state index contributed by atoms with van der Waals surface area (Å²) in [5, 5.41) is 11.8. The van der Waals surface area contributed by atoms with Crippen molar-refractivity contribution in [3.05, 3.63) is 12.3 Å². The van der Waals surface area contributed by atoms with Gasteiger partial charge in [0.2, 0.25) is 0 Å². The van der Waals surface area contributed by atoms with Crippen molar-refractivity contribution in [2.24, 2.45) is 17.6 Å². The normalized spacial score (nSPS) is 44.2. The van der Waals surface area contributed by atoms with E-state index in [0.717, 1.165) is 0 Å². The van der Waals surface area contributed by atoms with Crippen LogP contribution in [0.1, 0.15) is 27.2 Å². The van der Waals surface area contributed by atoms with Gasteiger partial charge >= 0.3 is 19.8 Å². The van der Waals surface area contributed by atoms with E-state index in [-0.39, 0.29) is 37.1 Å². The van der Waals surface area contributed by atoms with Gasteiger partial charge in [0.1, 0.15) is 18.4 Å². The Morgan fingerprint density at radius 3 is 2.94 bits per heavy atom. The molecule has 0 radical (unpaired) electrons. The van der Waals surface area contributed by atoms with Gasteiger partial charge in [-0.05, 0) is 39.2 Å². The summed E-state index contributed by atoms with van der Waals surface area (Å²) < 4.78 is 40.5. The molecule has 0 bridgehead atoms. The van der Waals surface area contributed by atoms with Crippen LogP contribution in [0.15, 0.2) is 12.3 Å². The number of phosphoric ester groups is 1. The standard InChI is InChI=1S/C18H28N3O9P/c1-9(2)28-15(23)11-6-10(11)7-26-31(25)27-8-12-14(30-31)18(3,19)16(29-12)21-5-4-13(22)20-17(21)24/h4-5,9-14,16,22H,6-8,19H2,1-3H3,(H,20,24)/t10?,11?,12-,13?,14-,16-,18-,31+/m1/s1. The molecule has 31 heavy (non-hydrogen) atoms. The van der Waals surface area contributed by atoms with Gasteiger partial charge in [0.15, 0.2) is 6.23 Å². The zero-order valence-electron chi connectivity index (χ0n) is 17.5. The average molecular weight is 461 g/mol. The molecule has 12 nitrogen and oxygen atoms in total. The Morgan fingerprint density at radius 2 is 2.26 bits per heavy atom. The van der Waals surface area contributed by atoms with E-state index in [4.69, 9.17) is 28.8 Å². The van der Waals surface area contributed by atoms with Crippen molar-refractivity contribution in [1.82, 2.24) is 10.2 Å². The van der Waals surface area contributed by atoms with E-state index in [1.807, 2.05) is 0 Å². The molecule has 4 aliphatic rings. The molecule has 2 saturated heterocycles. The fourth-order valence-electron chi connectivity index (χ4n) is 3.90. The number of phosphoric acid groups is 1. The van der Waals surface area contributed by atoms with Crippen LogP contribution in [-0.4, -0.2) is 71.5 Å². The molecular weight excluding hydrogens is 433 g/mol. The van der Waals surface area contributed by atoms with E-state index in [0.29, 0.717) is 6.42 Å². The first kappa shape index (κ1) is 22.7. The van der Waals surface area contributed by atoms with Crippen LogP contribution in [-0.2, 0) is 32.4 Å². The van der Waals surface area contributed by atoms with Crippen molar-refractivity contribution in [2.75, 3.05) is 13.2 Å². The predicted octanol–water partition coefficient (Wildman–Crippen LogP) is 0.414. The number of esters is 1. The third-order valence-corrected chi connectivity index (χ3v) is 7.05. The van der Waals surface area contributed by atoms with Crippen molar-refractivity contribution >= 4 is 19.8 Å². The largest absolute Gasteiger partial charge is 0.475 e. The minimum atomic E-state index is -3.94. The Kier molecular flexibility index (Phi) is 5.93. The molecule has 0 aromatic carbocycles. The van der Waals surface area contributed by atoms with Crippen LogP contribution >= 0.6 is 7.82 Å². The highest BCUT2D eigenvalue weighted by Gasteiger charge is 2.60. The molecule has 3 heterocycles. The maximum Gasteiger partial charge on any atom is 0.475 e. The lowest BCUT2D eigenvalue weighted by atomic mass is 9.93. The Hall–Kier alpha value is -1.53. The first-order chi connectivity index (χ1) is 14.5. The third kappa shape index (κ3) is 4.51. The molecule has 4 rings (SSSR count). The quantitative estimate of drug-likeness (QED) is 0.374. The van der Waals surface area contributed by atoms with Gasteiger partial charge < -0.3 is 25.6 Å². The van der Waals surface area contributed by atoms with Gasteiger partial charge in [0.25, 0.3) is 0 Å². The number of nitrogens with one attached hydrogen (secondary N) is 1. The SMILES string of the molecule is CC(C)OC(=O)C1CC1CO[P@@]1(=O)OC[C@H]2O[C@@H](N3C=CC(O)NC3=O)[C@](C)(N)[C@@H]2O1. The lowest BCUT2D eigenvalue weighted by molar-refractivity contribution is -0.149. The monoisotopic (exact) mass is 461 g/mol. The summed E-state index contributed by atoms with van der Waals surface area (Å²) in [7, 11) is -3.94. The maximum absolute atomic E-state index is 13.0. The molecule has 8 atom stereocenters. The zero-order chi connectivity index (χ0) is 22.6. The first-order valence-corrected chi connectivity index (χ1v) is 11.6. The zero-order valence-corrected chi connectivity index (χ0v) is 18.4. The topological polar surface area (TPSA) is 159 Å². The molecule has 3 unspecified atom stereocenters. The van der Waals surface area contributed by atoms with E-state index in [1.54, 1.807) is 20.8 Å². The third-order valence-electron chi connectivity index (χ3n) is 5.64. The molecule has 4 N–H and O–H groups in total. The van der Waals surface area contributed by atoms with Gasteiger partial charge in [-0.3, -0.25) is 23.3 Å². The molecule has 0 aromatic rings. The first-order valence-electron chi connectivity index (χ1n) is 10.2. The Labute approximate surface area is 179 Å². The van der Waals surface area contributed by atoms with Crippen molar-refractivity contribution in [1.29, 1.82) is 0 Å². The molecule has 13 heteroatoms. The van der Waals surface area contributed by atoms with Gasteiger partial charge in [-0.15, -0.1) is 0 Å². The highest BCUT2D eigenvalue weighted by Crippen LogP contribution is 2.58. The highest BCUT2D eigenvalue weighted by atomic mass is 31.2. The summed E-state index contributed by atoms with van der Waals surface area (Å²) in [6, 6.07) is -0.594. The number of fused-ring (bicyclic) bond motifs is 1. The molecule has 0 spiro atoms. The highest BCUT2D eigenvalue weighted by molar-refractivity contribution is 7.48. The number of aliphatic hydroxyl groups excluding tert-OH is 1. The Bertz CT molecular complexity index is 819. The number of carbonyl (C=O) groups is 2. The fraction of sp³-hybridized carbons (Fsp3) is 0.778. The summed E-state index contributed by atoms with van der Waals surface area (Å²) in [4.78, 5) is 25.4. The number of nitrogens with zero attached hydrogens (tertiary/aromatic N) is 1. The van der Waals surface area contributed by atoms with Crippen LogP contribution in [0.5, 0.6) is 0 Å². The Morgan fingerprint density at radius 1 is 1.52 bits per heavy atom. The van der Waals surface area contributed by atoms with E-state index >= 15 is 0 Å². The molecule has 1 aliphatic carbocycles. The van der Waals surface area contributed by atoms with Gasteiger partial charge in [-0.2, -0.15) is 0 Å². The second kappa shape index (κ2) is 8.11. The summed E-state index contributed by atoms with van der Waals surface area (Å²) in [5.41, 5.74) is 5.19. The smallest absolute Gasteiger partial charge is 0.463 e. The summed E-state index contributed by atoms with van der Waals surface area (Å²) >= 11 is 0. The van der Waals surface area contributed by atoms with Crippen molar-refractivity contribution in [2.45, 2.75) is 63.5 Å². The van der Waals surface area contributed by atoms with Crippen molar-refractivity contribution in [3.63, 3.8) is 0 Å². The number of rotatable bonds is 6. The van der Waals surface area contributed by atoms with Crippen molar-refractivity contribution in [3.8, 4) is 0 Å². The minimum absolute atomic E-state index is 0.0211. The minimum Gasteiger partial charge on any atom is -0.463 e. The molecule has 0 aromatic heterocycles. The van der Waals surface area contributed by atoms with Crippen LogP contribution in [0.4, 0.5) is 4.79 Å². The molecule has 2 amide bonds. The predicted molar refractivity (Wildman–Crippen MR) is 104 cm³/mol. The molecule has 3 fully saturated rings. The van der Waals surface area contributed by atoms with Crippen LogP contribution in [0.2, 0.25) is 0 Å². The van der Waals surface area contributed by atoms with E-state index in [2.05, 4.69) is 5.32 Å². The second-order valence-corrected chi connectivity index (χ2v) is 10.3. The van der Waals surface area contributed by atoms with E-state index in [1.165, 1.54) is 17.2 Å². The number of amides is 2. The Balaban J connectivity index is 1.37. The number of hydrogen-bond acceptors (Lipinski definition) is 10. The number of aliphatic hydroxyl groups is 1. The van der Waals surface area contributed by atoms with Gasteiger partial charge in [0.05, 0.1) is 30.8 Å². The number of carbonyl (C=O) groups excluding carboxylic acids is 2. The number of ether oxygens (including phenoxy) is 2. The van der Waals surface area contributed by atoms with Crippen LogP contribution in [0.3, 0.4) is 0 Å². The van der Waals surface area contributed by atoms with Gasteiger partial charge in [-0.25, -0.2) is 9.36 Å². The molecule has 3 aliphatic heterocycles. The van der Waals surface area contributed by atoms with E-state index < -0.39 is 44.1 Å². The van der Waals surface area contributed by atoms with Gasteiger partial charge in [0, 0.05) is 6.20 Å². The number of urea groups is 1. The lowest BCUT2D eigenvalue weighted by Gasteiger charge is -2.38. The van der Waals surface area contributed by atoms with Crippen molar-refractivity contribution < 1.29 is 42.3 Å². The maximum atomic E-state index is 13.0. The molecule has 1 saturated carbocycles.